The number of thiazole rings is 1. The number of halogens is 1. The van der Waals surface area contributed by atoms with E-state index in [0.29, 0.717) is 0 Å². The molecule has 0 spiro atoms. The summed E-state index contributed by atoms with van der Waals surface area (Å²) in [4.78, 5) is 71.8. The van der Waals surface area contributed by atoms with Gasteiger partial charge in [0.15, 0.2) is 22.3 Å². The summed E-state index contributed by atoms with van der Waals surface area (Å²) in [6.07, 6.45) is 0. The van der Waals surface area contributed by atoms with Crippen molar-refractivity contribution < 1.29 is 49.2 Å². The van der Waals surface area contributed by atoms with Crippen LogP contribution in [-0.4, -0.2) is 96.0 Å². The van der Waals surface area contributed by atoms with Crippen LogP contribution in [0, 0.1) is 0 Å². The number of nitrogens with zero attached hydrogens (tertiary/aromatic N) is 3. The van der Waals surface area contributed by atoms with Gasteiger partial charge in [-0.1, -0.05) is 11.7 Å². The first-order valence-electron chi connectivity index (χ1n) is 11.8. The maximum Gasteiger partial charge on any atom is 0.352 e. The molecule has 8 N–H and O–H groups in total. The molecule has 2 aromatic rings. The van der Waals surface area contributed by atoms with E-state index in [1.165, 1.54) is 11.4 Å². The highest BCUT2D eigenvalue weighted by atomic mass is 79.9. The summed E-state index contributed by atoms with van der Waals surface area (Å²) in [6.45, 7) is 2.50. The zero-order valence-electron chi connectivity index (χ0n) is 21.6. The molecule has 0 aliphatic carbocycles. The van der Waals surface area contributed by atoms with Crippen molar-refractivity contribution in [1.82, 2.24) is 20.5 Å². The van der Waals surface area contributed by atoms with Crippen molar-refractivity contribution in [3.8, 4) is 11.5 Å². The van der Waals surface area contributed by atoms with E-state index in [1.54, 1.807) is 0 Å². The number of nitrogen functional groups attached to an aromatic ring is 1. The molecule has 19 heteroatoms. The van der Waals surface area contributed by atoms with E-state index < -0.39 is 64.9 Å². The summed E-state index contributed by atoms with van der Waals surface area (Å²) in [5.41, 5.74) is 4.76. The zero-order chi connectivity index (χ0) is 31.6. The van der Waals surface area contributed by atoms with Crippen LogP contribution in [-0.2, 0) is 24.0 Å². The first-order valence-corrected chi connectivity index (χ1v) is 14.5. The van der Waals surface area contributed by atoms with Gasteiger partial charge >= 0.3 is 11.9 Å². The van der Waals surface area contributed by atoms with Crippen molar-refractivity contribution in [2.45, 2.75) is 11.4 Å². The number of oxime groups is 1. The Morgan fingerprint density at radius 2 is 1.98 bits per heavy atom. The van der Waals surface area contributed by atoms with Gasteiger partial charge in [0.25, 0.3) is 17.7 Å². The van der Waals surface area contributed by atoms with Gasteiger partial charge in [0.05, 0.1) is 10.0 Å². The van der Waals surface area contributed by atoms with E-state index in [4.69, 9.17) is 15.7 Å². The van der Waals surface area contributed by atoms with Gasteiger partial charge in [0.1, 0.15) is 29.4 Å². The Labute approximate surface area is 258 Å². The summed E-state index contributed by atoms with van der Waals surface area (Å²) in [5.74, 6) is -5.99. The Bertz CT molecular complexity index is 1600. The molecule has 0 bridgehead atoms. The molecule has 4 rings (SSSR count). The van der Waals surface area contributed by atoms with Crippen LogP contribution in [0.3, 0.4) is 0 Å². The van der Waals surface area contributed by atoms with E-state index in [2.05, 4.69) is 43.3 Å². The van der Waals surface area contributed by atoms with E-state index >= 15 is 0 Å². The lowest BCUT2D eigenvalue weighted by molar-refractivity contribution is -0.150. The summed E-state index contributed by atoms with van der Waals surface area (Å²) < 4.78 is 0.0714. The molecule has 3 heterocycles. The molecule has 2 atom stereocenters. The standard InChI is InChI=1S/C24H21BrN6O10S2/c1-8(22(37)38)5-41-30-14(12-7-43-24(26)28-12)19(35)29-15-20(36)31-16(23(39)40)10(6-42-21(15)31)4-27-18(34)9-2-11(25)17(33)13(32)3-9/h2-3,7,15,21,32-33H,1,4-6H2,(H2,26,28)(H,27,34)(H,29,35)(H,37,38)(H,39,40)/b30-14-/t15-,21-/m1/s1. The fourth-order valence-electron chi connectivity index (χ4n) is 3.87. The van der Waals surface area contributed by atoms with Gasteiger partial charge in [-0.2, -0.15) is 0 Å². The quantitative estimate of drug-likeness (QED) is 0.0554. The SMILES string of the molecule is C=C(CO/N=C(\C(=O)N[C@@H]1C(=O)N2C(C(=O)O)=C(CNC(=O)c3cc(O)c(O)c(Br)c3)CS[C@H]12)c1csc(N)n1)C(=O)O. The van der Waals surface area contributed by atoms with Crippen LogP contribution in [0.5, 0.6) is 11.5 Å². The number of carboxylic acids is 2. The predicted octanol–water partition coefficient (Wildman–Crippen LogP) is 0.429. The third-order valence-corrected chi connectivity index (χ3v) is 8.60. The number of hydrogen-bond donors (Lipinski definition) is 7. The number of hydrogen-bond acceptors (Lipinski definition) is 13. The van der Waals surface area contributed by atoms with Crippen LogP contribution >= 0.6 is 39.0 Å². The van der Waals surface area contributed by atoms with Crippen LogP contribution < -0.4 is 16.4 Å². The Hall–Kier alpha value is -4.62. The second kappa shape index (κ2) is 12.7. The second-order valence-corrected chi connectivity index (χ2v) is 11.7. The van der Waals surface area contributed by atoms with Crippen molar-refractivity contribution in [3.05, 3.63) is 56.7 Å². The molecular weight excluding hydrogens is 676 g/mol. The number of nitrogens with two attached hydrogens (primary N) is 1. The number of β-lactam (4-membered cyclic amide) rings is 1. The first kappa shape index (κ1) is 31.3. The highest BCUT2D eigenvalue weighted by Gasteiger charge is 2.54. The number of nitrogens with one attached hydrogen (secondary N) is 2. The molecule has 1 aromatic carbocycles. The van der Waals surface area contributed by atoms with Crippen molar-refractivity contribution in [1.29, 1.82) is 0 Å². The Morgan fingerprint density at radius 1 is 1.26 bits per heavy atom. The topological polar surface area (TPSA) is 254 Å². The number of aliphatic carboxylic acids is 2. The van der Waals surface area contributed by atoms with E-state index in [0.717, 1.165) is 34.1 Å². The van der Waals surface area contributed by atoms with E-state index in [9.17, 15) is 39.3 Å². The summed E-state index contributed by atoms with van der Waals surface area (Å²) in [5, 5.41) is 47.6. The number of rotatable bonds is 11. The van der Waals surface area contributed by atoms with Gasteiger partial charge in [-0.3, -0.25) is 19.3 Å². The molecule has 226 valence electrons. The molecule has 3 amide bonds. The van der Waals surface area contributed by atoms with Gasteiger partial charge in [-0.15, -0.1) is 23.1 Å². The van der Waals surface area contributed by atoms with Crippen LogP contribution in [0.2, 0.25) is 0 Å². The summed E-state index contributed by atoms with van der Waals surface area (Å²) in [6, 6.07) is 1.14. The number of phenolic OH excluding ortho intramolecular Hbond substituents is 2. The van der Waals surface area contributed by atoms with E-state index in [1.807, 2.05) is 0 Å². The minimum absolute atomic E-state index is 0.000936. The average Bonchev–Trinajstić information content (AvgIpc) is 3.39. The lowest BCUT2D eigenvalue weighted by Crippen LogP contribution is -2.71. The number of benzene rings is 1. The summed E-state index contributed by atoms with van der Waals surface area (Å²) in [7, 11) is 0. The minimum Gasteiger partial charge on any atom is -0.504 e. The number of carboxylic acid groups (broad SMARTS) is 2. The van der Waals surface area contributed by atoms with Crippen LogP contribution in [0.4, 0.5) is 5.13 Å². The highest BCUT2D eigenvalue weighted by Crippen LogP contribution is 2.40. The predicted molar refractivity (Wildman–Crippen MR) is 155 cm³/mol. The minimum atomic E-state index is -1.43. The second-order valence-electron chi connectivity index (χ2n) is 8.82. The van der Waals surface area contributed by atoms with Gasteiger partial charge in [0.2, 0.25) is 0 Å². The number of aromatic hydroxyl groups is 2. The van der Waals surface area contributed by atoms with Crippen molar-refractivity contribution in [2.75, 3.05) is 24.6 Å². The number of carbonyl (C=O) groups excluding carboxylic acids is 3. The zero-order valence-corrected chi connectivity index (χ0v) is 24.8. The molecule has 0 unspecified atom stereocenters. The fourth-order valence-corrected chi connectivity index (χ4v) is 6.21. The molecule has 16 nitrogen and oxygen atoms in total. The van der Waals surface area contributed by atoms with Crippen LogP contribution in [0.1, 0.15) is 16.1 Å². The number of carbonyl (C=O) groups is 5. The highest BCUT2D eigenvalue weighted by molar-refractivity contribution is 9.10. The Balaban J connectivity index is 1.48. The molecular formula is C24H21BrN6O10S2. The third kappa shape index (κ3) is 6.57. The Kier molecular flexibility index (Phi) is 9.26. The molecule has 1 fully saturated rings. The normalized spacial score (nSPS) is 17.9. The molecule has 0 radical (unpaired) electrons. The van der Waals surface area contributed by atoms with E-state index in [-0.39, 0.29) is 50.0 Å². The van der Waals surface area contributed by atoms with Crippen molar-refractivity contribution in [3.63, 3.8) is 0 Å². The summed E-state index contributed by atoms with van der Waals surface area (Å²) >= 11 is 5.15. The number of fused-ring (bicyclic) bond motifs is 1. The molecule has 43 heavy (non-hydrogen) atoms. The maximum absolute atomic E-state index is 13.1. The van der Waals surface area contributed by atoms with Gasteiger partial charge in [-0.25, -0.2) is 14.6 Å². The van der Waals surface area contributed by atoms with Crippen LogP contribution in [0.25, 0.3) is 0 Å². The maximum atomic E-state index is 13.1. The van der Waals surface area contributed by atoms with Gasteiger partial charge in [-0.05, 0) is 33.6 Å². The van der Waals surface area contributed by atoms with Gasteiger partial charge in [0, 0.05) is 23.2 Å². The lowest BCUT2D eigenvalue weighted by Gasteiger charge is -2.49. The molecule has 2 aliphatic heterocycles. The molecule has 0 saturated carbocycles. The van der Waals surface area contributed by atoms with Crippen molar-refractivity contribution in [2.24, 2.45) is 5.16 Å². The van der Waals surface area contributed by atoms with Gasteiger partial charge < -0.3 is 41.6 Å². The first-order chi connectivity index (χ1) is 20.3. The number of phenols is 2. The monoisotopic (exact) mass is 696 g/mol. The molecule has 1 aromatic heterocycles. The number of anilines is 1. The number of aromatic nitrogens is 1. The fraction of sp³-hybridized carbons (Fsp3) is 0.208. The lowest BCUT2D eigenvalue weighted by atomic mass is 10.0. The molecule has 1 saturated heterocycles. The van der Waals surface area contributed by atoms with Crippen LogP contribution in [0.15, 0.2) is 50.6 Å². The smallest absolute Gasteiger partial charge is 0.352 e. The number of thioether (sulfide) groups is 1. The molecule has 2 aliphatic rings. The Morgan fingerprint density at radius 3 is 2.58 bits per heavy atom. The average molecular weight is 698 g/mol. The third-order valence-electron chi connectivity index (χ3n) is 5.98. The van der Waals surface area contributed by atoms with Crippen molar-refractivity contribution >= 4 is 79.5 Å². The number of amides is 3. The largest absolute Gasteiger partial charge is 0.504 e.